The second kappa shape index (κ2) is 15.3. The van der Waals surface area contributed by atoms with Crippen LogP contribution in [0.1, 0.15) is 43.4 Å². The predicted molar refractivity (Wildman–Crippen MR) is 207 cm³/mol. The third-order valence-corrected chi connectivity index (χ3v) is 12.7. The van der Waals surface area contributed by atoms with Gasteiger partial charge in [-0.3, -0.25) is 14.6 Å². The van der Waals surface area contributed by atoms with E-state index in [1.54, 1.807) is 6.08 Å². The van der Waals surface area contributed by atoms with Crippen LogP contribution in [0.4, 0.5) is 11.5 Å². The molecule has 12 nitrogen and oxygen atoms in total. The summed E-state index contributed by atoms with van der Waals surface area (Å²) in [5, 5.41) is 12.8. The number of carbonyl (C=O) groups excluding carboxylic acids is 1. The van der Waals surface area contributed by atoms with Crippen molar-refractivity contribution in [3.63, 3.8) is 0 Å². The average molecular weight is 753 g/mol. The molecule has 1 amide bonds. The number of aromatic nitrogens is 2. The Hall–Kier alpha value is -3.99. The first-order valence-electron chi connectivity index (χ1n) is 19.7. The average Bonchev–Trinajstić information content (AvgIpc) is 3.77. The van der Waals surface area contributed by atoms with Gasteiger partial charge in [0.25, 0.3) is 0 Å². The zero-order valence-corrected chi connectivity index (χ0v) is 31.6. The van der Waals surface area contributed by atoms with Crippen LogP contribution in [-0.2, 0) is 27.2 Å². The van der Waals surface area contributed by atoms with Crippen LogP contribution in [0.25, 0.3) is 10.8 Å². The summed E-state index contributed by atoms with van der Waals surface area (Å²) in [6.45, 7) is 9.38. The number of carbonyl (C=O) groups is 1. The first-order valence-corrected chi connectivity index (χ1v) is 20.1. The van der Waals surface area contributed by atoms with Gasteiger partial charge in [0.2, 0.25) is 5.91 Å². The number of morpholine rings is 1. The summed E-state index contributed by atoms with van der Waals surface area (Å²) < 4.78 is 18.2. The quantitative estimate of drug-likeness (QED) is 0.290. The number of ether oxygens (including phenoxy) is 3. The molecule has 5 saturated heterocycles. The Morgan fingerprint density at radius 1 is 1.00 bits per heavy atom. The van der Waals surface area contributed by atoms with E-state index in [9.17, 15) is 10.1 Å². The monoisotopic (exact) mass is 752 g/mol. The molecule has 5 fully saturated rings. The normalized spacial score (nSPS) is 25.6. The molecule has 0 aliphatic carbocycles. The van der Waals surface area contributed by atoms with E-state index in [-0.39, 0.29) is 36.1 Å². The van der Waals surface area contributed by atoms with Crippen LogP contribution in [0.2, 0.25) is 5.02 Å². The Bertz CT molecular complexity index is 1930. The van der Waals surface area contributed by atoms with Crippen molar-refractivity contribution in [3.05, 3.63) is 64.8 Å². The number of nitriles is 1. The van der Waals surface area contributed by atoms with Crippen molar-refractivity contribution >= 4 is 39.8 Å². The van der Waals surface area contributed by atoms with Gasteiger partial charge in [0.15, 0.2) is 0 Å². The van der Waals surface area contributed by atoms with Crippen molar-refractivity contribution < 1.29 is 19.0 Å². The third kappa shape index (κ3) is 7.01. The molecule has 0 saturated carbocycles. The number of anilines is 2. The van der Waals surface area contributed by atoms with Crippen molar-refractivity contribution in [3.8, 4) is 12.1 Å². The third-order valence-electron chi connectivity index (χ3n) is 12.4. The van der Waals surface area contributed by atoms with Crippen LogP contribution in [0.5, 0.6) is 6.01 Å². The van der Waals surface area contributed by atoms with Gasteiger partial charge in [0, 0.05) is 68.5 Å². The molecule has 9 rings (SSSR count). The molecule has 2 unspecified atom stereocenters. The van der Waals surface area contributed by atoms with Crippen LogP contribution in [-0.4, -0.2) is 133 Å². The molecular weight excluding hydrogens is 704 g/mol. The number of halogens is 1. The molecule has 0 spiro atoms. The Labute approximate surface area is 322 Å². The van der Waals surface area contributed by atoms with Gasteiger partial charge in [-0.2, -0.15) is 15.2 Å². The Kier molecular flexibility index (Phi) is 10.1. The van der Waals surface area contributed by atoms with Crippen molar-refractivity contribution in [2.45, 2.75) is 68.9 Å². The highest BCUT2D eigenvalue weighted by Gasteiger charge is 2.45. The minimum atomic E-state index is -0.266. The number of hydrogen-bond acceptors (Lipinski definition) is 11. The molecule has 0 N–H and O–H groups in total. The number of rotatable bonds is 9. The van der Waals surface area contributed by atoms with Crippen LogP contribution in [0, 0.1) is 11.3 Å². The zero-order valence-electron chi connectivity index (χ0n) is 30.9. The standard InChI is InChI=1S/C41H49ClN8O4/c42-34-8-1-6-29-7-2-9-36(38(29)34)47-19-12-33-35(25-47)44-40(53-28-41-13-4-17-49(41)18-5-14-41)45-39(33)48-20-21-50(30(22-48)11-15-43)37(51)10-3-16-46-23-31-26-52-27-32(24-46)54-31/h1-3,6-10,30-32H,4-5,11-14,16-28H2/b10-3+/t30-,31?,32?/m0/s1. The second-order valence-electron chi connectivity index (χ2n) is 15.8. The van der Waals surface area contributed by atoms with Gasteiger partial charge >= 0.3 is 6.01 Å². The lowest BCUT2D eigenvalue weighted by Gasteiger charge is -2.42. The molecule has 13 heteroatoms. The molecule has 6 aliphatic heterocycles. The van der Waals surface area contributed by atoms with Crippen LogP contribution in [0.15, 0.2) is 48.6 Å². The molecule has 3 aromatic rings. The minimum Gasteiger partial charge on any atom is -0.461 e. The molecule has 1 aromatic heterocycles. The topological polar surface area (TPSA) is 111 Å². The lowest BCUT2D eigenvalue weighted by atomic mass is 9.95. The van der Waals surface area contributed by atoms with E-state index in [2.05, 4.69) is 49.9 Å². The smallest absolute Gasteiger partial charge is 0.318 e. The fourth-order valence-electron chi connectivity index (χ4n) is 9.81. The van der Waals surface area contributed by atoms with E-state index >= 15 is 0 Å². The molecule has 0 radical (unpaired) electrons. The molecule has 2 bridgehead atoms. The Morgan fingerprint density at radius 3 is 2.59 bits per heavy atom. The maximum Gasteiger partial charge on any atom is 0.318 e. The summed E-state index contributed by atoms with van der Waals surface area (Å²) in [7, 11) is 0. The second-order valence-corrected chi connectivity index (χ2v) is 16.2. The summed E-state index contributed by atoms with van der Waals surface area (Å²) >= 11 is 6.79. The SMILES string of the molecule is N#CC[C@H]1CN(c2nc(OCC34CCCN3CCC4)nc3c2CCN(c2cccc4cccc(Cl)c24)C3)CCN1C(=O)/C=C/CN1CC2COCC(C1)O2. The first kappa shape index (κ1) is 35.7. The van der Waals surface area contributed by atoms with Crippen molar-refractivity contribution in [2.75, 3.05) is 88.5 Å². The van der Waals surface area contributed by atoms with Crippen molar-refractivity contribution in [1.82, 2.24) is 24.7 Å². The number of fused-ring (bicyclic) bond motifs is 5. The highest BCUT2D eigenvalue weighted by molar-refractivity contribution is 6.36. The van der Waals surface area contributed by atoms with Gasteiger partial charge < -0.3 is 28.9 Å². The van der Waals surface area contributed by atoms with Crippen LogP contribution >= 0.6 is 11.6 Å². The van der Waals surface area contributed by atoms with Gasteiger partial charge in [-0.05, 0) is 62.7 Å². The Balaban J connectivity index is 0.959. The van der Waals surface area contributed by atoms with Crippen LogP contribution in [0.3, 0.4) is 0 Å². The van der Waals surface area contributed by atoms with Crippen molar-refractivity contribution in [1.29, 1.82) is 5.26 Å². The maximum absolute atomic E-state index is 13.6. The van der Waals surface area contributed by atoms with E-state index in [0.717, 1.165) is 90.5 Å². The van der Waals surface area contributed by atoms with Gasteiger partial charge in [0.1, 0.15) is 12.4 Å². The van der Waals surface area contributed by atoms with E-state index in [1.807, 2.05) is 23.1 Å². The summed E-state index contributed by atoms with van der Waals surface area (Å²) in [6.07, 6.45) is 9.50. The van der Waals surface area contributed by atoms with E-state index in [4.69, 9.17) is 35.8 Å². The summed E-state index contributed by atoms with van der Waals surface area (Å²) in [5.74, 6) is 0.812. The van der Waals surface area contributed by atoms with Crippen molar-refractivity contribution in [2.24, 2.45) is 0 Å². The largest absolute Gasteiger partial charge is 0.461 e. The highest BCUT2D eigenvalue weighted by Crippen LogP contribution is 2.40. The fourth-order valence-corrected chi connectivity index (χ4v) is 10.1. The highest BCUT2D eigenvalue weighted by atomic mass is 35.5. The first-order chi connectivity index (χ1) is 26.5. The summed E-state index contributed by atoms with van der Waals surface area (Å²) in [5.41, 5.74) is 3.23. The summed E-state index contributed by atoms with van der Waals surface area (Å²) in [4.78, 5) is 35.3. The van der Waals surface area contributed by atoms with E-state index < -0.39 is 0 Å². The molecule has 2 aromatic carbocycles. The van der Waals surface area contributed by atoms with Gasteiger partial charge in [-0.15, -0.1) is 0 Å². The molecule has 3 atom stereocenters. The number of benzene rings is 2. The lowest BCUT2D eigenvalue weighted by molar-refractivity contribution is -0.177. The van der Waals surface area contributed by atoms with E-state index in [1.165, 1.54) is 12.8 Å². The van der Waals surface area contributed by atoms with Crippen LogP contribution < -0.4 is 14.5 Å². The zero-order chi connectivity index (χ0) is 36.6. The number of nitrogens with zero attached hydrogens (tertiary/aromatic N) is 8. The van der Waals surface area contributed by atoms with Gasteiger partial charge in [-0.1, -0.05) is 41.9 Å². The fraction of sp³-hybridized carbons (Fsp3) is 0.561. The predicted octanol–water partition coefficient (Wildman–Crippen LogP) is 4.44. The minimum absolute atomic E-state index is 0.0539. The number of piperazine rings is 1. The molecule has 6 aliphatic rings. The molecule has 284 valence electrons. The summed E-state index contributed by atoms with van der Waals surface area (Å²) in [6, 6.07) is 14.9. The maximum atomic E-state index is 13.6. The number of hydrogen-bond donors (Lipinski definition) is 0. The van der Waals surface area contributed by atoms with Gasteiger partial charge in [-0.25, -0.2) is 0 Å². The lowest BCUT2D eigenvalue weighted by Crippen LogP contribution is -2.55. The molecular formula is C41H49ClN8O4. The molecule has 54 heavy (non-hydrogen) atoms. The number of amides is 1. The van der Waals surface area contributed by atoms with E-state index in [0.29, 0.717) is 58.6 Å². The Morgan fingerprint density at radius 2 is 1.80 bits per heavy atom. The van der Waals surface area contributed by atoms with Gasteiger partial charge in [0.05, 0.1) is 66.8 Å². The molecule has 7 heterocycles.